The van der Waals surface area contributed by atoms with Crippen LogP contribution in [0.25, 0.3) is 10.9 Å². The monoisotopic (exact) mass is 336 g/mol. The lowest BCUT2D eigenvalue weighted by Crippen LogP contribution is -2.11. The highest BCUT2D eigenvalue weighted by atomic mass is 79.9. The van der Waals surface area contributed by atoms with Gasteiger partial charge in [0.15, 0.2) is 0 Å². The van der Waals surface area contributed by atoms with Gasteiger partial charge in [0.25, 0.3) is 10.0 Å². The molecule has 0 radical (unpaired) electrons. The lowest BCUT2D eigenvalue weighted by atomic mass is 10.3. The second kappa shape index (κ2) is 4.47. The lowest BCUT2D eigenvalue weighted by Gasteiger charge is -2.07. The highest BCUT2D eigenvalue weighted by molar-refractivity contribution is 9.10. The molecule has 19 heavy (non-hydrogen) atoms. The van der Waals surface area contributed by atoms with Gasteiger partial charge in [0.2, 0.25) is 0 Å². The molecule has 0 N–H and O–H groups in total. The summed E-state index contributed by atoms with van der Waals surface area (Å²) in [7, 11) is -3.57. The molecule has 0 amide bonds. The van der Waals surface area contributed by atoms with Gasteiger partial charge in [-0.05, 0) is 40.2 Å². The predicted molar refractivity (Wildman–Crippen MR) is 76.5 cm³/mol. The van der Waals surface area contributed by atoms with Crippen molar-refractivity contribution in [3.05, 3.63) is 59.5 Å². The summed E-state index contributed by atoms with van der Waals surface area (Å²) in [6.45, 7) is 0. The third-order valence-electron chi connectivity index (χ3n) is 2.81. The van der Waals surface area contributed by atoms with Crippen LogP contribution in [0.4, 0.5) is 0 Å². The minimum Gasteiger partial charge on any atom is -0.249 e. The molecule has 3 aromatic rings. The van der Waals surface area contributed by atoms with Crippen molar-refractivity contribution < 1.29 is 8.42 Å². The number of pyridine rings is 1. The number of hydrogen-bond acceptors (Lipinski definition) is 3. The summed E-state index contributed by atoms with van der Waals surface area (Å²) < 4.78 is 27.0. The standard InChI is InChI=1S/C13H9BrN2O2S/c14-13-8-12-10(9-15-13)6-7-16(12)19(17,18)11-4-2-1-3-5-11/h1-9H. The molecule has 0 atom stereocenters. The quantitative estimate of drug-likeness (QED) is 0.676. The first-order valence-electron chi connectivity index (χ1n) is 5.52. The van der Waals surface area contributed by atoms with Crippen LogP contribution in [-0.2, 0) is 10.0 Å². The maximum Gasteiger partial charge on any atom is 0.268 e. The van der Waals surface area contributed by atoms with E-state index in [0.717, 1.165) is 5.39 Å². The van der Waals surface area contributed by atoms with Gasteiger partial charge in [-0.25, -0.2) is 17.4 Å². The molecule has 0 unspecified atom stereocenters. The Morgan fingerprint density at radius 3 is 2.58 bits per heavy atom. The van der Waals surface area contributed by atoms with Gasteiger partial charge in [-0.1, -0.05) is 18.2 Å². The largest absolute Gasteiger partial charge is 0.268 e. The molecule has 96 valence electrons. The van der Waals surface area contributed by atoms with Crippen LogP contribution >= 0.6 is 15.9 Å². The van der Waals surface area contributed by atoms with Crippen LogP contribution in [0.3, 0.4) is 0 Å². The number of benzene rings is 1. The molecule has 0 aliphatic heterocycles. The fourth-order valence-corrected chi connectivity index (χ4v) is 3.58. The van der Waals surface area contributed by atoms with E-state index in [-0.39, 0.29) is 4.90 Å². The van der Waals surface area contributed by atoms with E-state index in [1.165, 1.54) is 3.97 Å². The van der Waals surface area contributed by atoms with E-state index >= 15 is 0 Å². The van der Waals surface area contributed by atoms with Crippen molar-refractivity contribution in [2.75, 3.05) is 0 Å². The van der Waals surface area contributed by atoms with Gasteiger partial charge < -0.3 is 0 Å². The predicted octanol–water partition coefficient (Wildman–Crippen LogP) is 3.04. The van der Waals surface area contributed by atoms with Crippen LogP contribution in [0.5, 0.6) is 0 Å². The van der Waals surface area contributed by atoms with Crippen molar-refractivity contribution in [1.82, 2.24) is 8.96 Å². The maximum atomic E-state index is 12.5. The zero-order chi connectivity index (χ0) is 13.5. The average molecular weight is 337 g/mol. The lowest BCUT2D eigenvalue weighted by molar-refractivity contribution is 0.589. The molecule has 1 aromatic carbocycles. The zero-order valence-corrected chi connectivity index (χ0v) is 12.1. The minimum atomic E-state index is -3.57. The summed E-state index contributed by atoms with van der Waals surface area (Å²) in [6, 6.07) is 11.8. The molecule has 2 aromatic heterocycles. The fraction of sp³-hybridized carbons (Fsp3) is 0. The Labute approximate surface area is 118 Å². The van der Waals surface area contributed by atoms with Crippen LogP contribution in [0.15, 0.2) is 64.4 Å². The summed E-state index contributed by atoms with van der Waals surface area (Å²) in [4.78, 5) is 4.35. The van der Waals surface area contributed by atoms with Crippen LogP contribution in [0.2, 0.25) is 0 Å². The van der Waals surface area contributed by atoms with E-state index in [1.54, 1.807) is 54.9 Å². The van der Waals surface area contributed by atoms with Gasteiger partial charge in [0.1, 0.15) is 4.60 Å². The van der Waals surface area contributed by atoms with Crippen LogP contribution < -0.4 is 0 Å². The van der Waals surface area contributed by atoms with E-state index in [9.17, 15) is 8.42 Å². The smallest absolute Gasteiger partial charge is 0.249 e. The van der Waals surface area contributed by atoms with Gasteiger partial charge in [-0.15, -0.1) is 0 Å². The maximum absolute atomic E-state index is 12.5. The van der Waals surface area contributed by atoms with E-state index in [2.05, 4.69) is 20.9 Å². The van der Waals surface area contributed by atoms with Crippen molar-refractivity contribution in [3.8, 4) is 0 Å². The first-order chi connectivity index (χ1) is 9.09. The average Bonchev–Trinajstić information content (AvgIpc) is 2.83. The first kappa shape index (κ1) is 12.4. The number of rotatable bonds is 2. The Hall–Kier alpha value is -1.66. The van der Waals surface area contributed by atoms with Gasteiger partial charge in [-0.3, -0.25) is 0 Å². The number of hydrogen-bond donors (Lipinski definition) is 0. The molecule has 0 aliphatic carbocycles. The minimum absolute atomic E-state index is 0.264. The van der Waals surface area contributed by atoms with E-state index in [0.29, 0.717) is 10.1 Å². The van der Waals surface area contributed by atoms with Gasteiger partial charge in [-0.2, -0.15) is 0 Å². The summed E-state index contributed by atoms with van der Waals surface area (Å²) in [5, 5.41) is 0.780. The molecule has 2 heterocycles. The Morgan fingerprint density at radius 2 is 1.84 bits per heavy atom. The topological polar surface area (TPSA) is 52.0 Å². The van der Waals surface area contributed by atoms with Crippen molar-refractivity contribution in [1.29, 1.82) is 0 Å². The normalized spacial score (nSPS) is 11.8. The van der Waals surface area contributed by atoms with Crippen molar-refractivity contribution in [3.63, 3.8) is 0 Å². The third-order valence-corrected chi connectivity index (χ3v) is 4.94. The van der Waals surface area contributed by atoms with Crippen LogP contribution in [-0.4, -0.2) is 17.4 Å². The molecule has 6 heteroatoms. The van der Waals surface area contributed by atoms with Gasteiger partial charge in [0.05, 0.1) is 10.4 Å². The number of halogens is 1. The van der Waals surface area contributed by atoms with E-state index in [1.807, 2.05) is 0 Å². The molecule has 4 nitrogen and oxygen atoms in total. The second-order valence-electron chi connectivity index (χ2n) is 4.00. The first-order valence-corrected chi connectivity index (χ1v) is 7.75. The van der Waals surface area contributed by atoms with Crippen LogP contribution in [0.1, 0.15) is 0 Å². The molecule has 0 spiro atoms. The van der Waals surface area contributed by atoms with Crippen molar-refractivity contribution in [2.45, 2.75) is 4.90 Å². The Kier molecular flexibility index (Phi) is 2.91. The fourth-order valence-electron chi connectivity index (χ4n) is 1.89. The molecule has 0 saturated heterocycles. The Bertz CT molecular complexity index is 841. The molecule has 0 aliphatic rings. The number of fused-ring (bicyclic) bond motifs is 1. The summed E-state index contributed by atoms with van der Waals surface area (Å²) in [5.74, 6) is 0. The zero-order valence-electron chi connectivity index (χ0n) is 9.69. The Balaban J connectivity index is 2.28. The SMILES string of the molecule is O=S(=O)(c1ccccc1)n1ccc2cnc(Br)cc21. The summed E-state index contributed by atoms with van der Waals surface area (Å²) in [6.07, 6.45) is 3.18. The van der Waals surface area contributed by atoms with Gasteiger partial charge >= 0.3 is 0 Å². The molecular weight excluding hydrogens is 328 g/mol. The highest BCUT2D eigenvalue weighted by Crippen LogP contribution is 2.23. The van der Waals surface area contributed by atoms with Crippen LogP contribution in [0, 0.1) is 0 Å². The van der Waals surface area contributed by atoms with Crippen molar-refractivity contribution in [2.24, 2.45) is 0 Å². The van der Waals surface area contributed by atoms with E-state index < -0.39 is 10.0 Å². The second-order valence-corrected chi connectivity index (χ2v) is 6.62. The highest BCUT2D eigenvalue weighted by Gasteiger charge is 2.18. The molecule has 0 fully saturated rings. The molecule has 3 rings (SSSR count). The summed E-state index contributed by atoms with van der Waals surface area (Å²) in [5.41, 5.74) is 0.603. The third kappa shape index (κ3) is 2.06. The van der Waals surface area contributed by atoms with Crippen molar-refractivity contribution >= 4 is 36.9 Å². The van der Waals surface area contributed by atoms with Gasteiger partial charge in [0, 0.05) is 17.8 Å². The molecular formula is C13H9BrN2O2S. The number of nitrogens with zero attached hydrogens (tertiary/aromatic N) is 2. The van der Waals surface area contributed by atoms with E-state index in [4.69, 9.17) is 0 Å². The number of aromatic nitrogens is 2. The molecule has 0 saturated carbocycles. The summed E-state index contributed by atoms with van der Waals surface area (Å²) >= 11 is 3.25. The molecule has 0 bridgehead atoms. The Morgan fingerprint density at radius 1 is 1.11 bits per heavy atom.